The molecule has 2 aliphatic heterocycles. The summed E-state index contributed by atoms with van der Waals surface area (Å²) in [4.78, 5) is 26.6. The number of ether oxygens (including phenoxy) is 1. The first kappa shape index (κ1) is 23.0. The van der Waals surface area contributed by atoms with E-state index in [1.165, 1.54) is 0 Å². The van der Waals surface area contributed by atoms with E-state index < -0.39 is 0 Å². The molecule has 0 spiro atoms. The van der Waals surface area contributed by atoms with Gasteiger partial charge in [-0.3, -0.25) is 4.79 Å². The van der Waals surface area contributed by atoms with E-state index in [1.54, 1.807) is 6.33 Å². The van der Waals surface area contributed by atoms with Crippen molar-refractivity contribution in [2.75, 3.05) is 37.6 Å². The molecular formula is C24H32ClN5O2. The summed E-state index contributed by atoms with van der Waals surface area (Å²) >= 11 is 6.03. The van der Waals surface area contributed by atoms with Crippen LogP contribution in [0.3, 0.4) is 0 Å². The number of fused-ring (bicyclic) bond motifs is 1. The van der Waals surface area contributed by atoms with E-state index in [2.05, 4.69) is 34.0 Å². The summed E-state index contributed by atoms with van der Waals surface area (Å²) < 4.78 is 5.75. The Kier molecular flexibility index (Phi) is 7.28. The summed E-state index contributed by atoms with van der Waals surface area (Å²) in [6.45, 7) is 10.3. The molecule has 2 atom stereocenters. The first-order valence-electron chi connectivity index (χ1n) is 11.4. The monoisotopic (exact) mass is 457 g/mol. The summed E-state index contributed by atoms with van der Waals surface area (Å²) in [5.41, 5.74) is 3.19. The average molecular weight is 458 g/mol. The fraction of sp³-hybridized carbons (Fsp3) is 0.542. The number of nitrogens with one attached hydrogen (secondary N) is 1. The number of rotatable bonds is 7. The number of piperazine rings is 1. The zero-order valence-corrected chi connectivity index (χ0v) is 19.8. The van der Waals surface area contributed by atoms with E-state index in [0.717, 1.165) is 35.7 Å². The lowest BCUT2D eigenvalue weighted by Gasteiger charge is -2.38. The number of benzene rings is 1. The molecule has 172 valence electrons. The van der Waals surface area contributed by atoms with E-state index >= 15 is 0 Å². The van der Waals surface area contributed by atoms with Crippen LogP contribution in [0.4, 0.5) is 5.82 Å². The number of halogens is 1. The Hall–Kier alpha value is -2.22. The molecule has 1 N–H and O–H groups in total. The van der Waals surface area contributed by atoms with Crippen LogP contribution in [0, 0.1) is 5.92 Å². The molecule has 2 aliphatic rings. The fourth-order valence-corrected chi connectivity index (χ4v) is 4.54. The molecule has 0 aliphatic carbocycles. The number of hydrogen-bond donors (Lipinski definition) is 1. The van der Waals surface area contributed by atoms with Gasteiger partial charge in [-0.2, -0.15) is 0 Å². The Bertz CT molecular complexity index is 928. The highest BCUT2D eigenvalue weighted by Crippen LogP contribution is 2.35. The fourth-order valence-electron chi connectivity index (χ4n) is 4.42. The number of aromatic nitrogens is 2. The van der Waals surface area contributed by atoms with Crippen LogP contribution in [-0.2, 0) is 22.6 Å². The predicted octanol–water partition coefficient (Wildman–Crippen LogP) is 3.23. The summed E-state index contributed by atoms with van der Waals surface area (Å²) in [6, 6.07) is 8.12. The summed E-state index contributed by atoms with van der Waals surface area (Å²) in [7, 11) is 0. The second kappa shape index (κ2) is 10.1. The molecule has 1 fully saturated rings. The molecular weight excluding hydrogens is 426 g/mol. The number of amides is 1. The van der Waals surface area contributed by atoms with Gasteiger partial charge in [0, 0.05) is 49.4 Å². The van der Waals surface area contributed by atoms with E-state index in [1.807, 2.05) is 36.1 Å². The molecule has 0 unspecified atom stereocenters. The first-order chi connectivity index (χ1) is 15.4. The van der Waals surface area contributed by atoms with Crippen LogP contribution < -0.4 is 10.2 Å². The van der Waals surface area contributed by atoms with Gasteiger partial charge in [0.1, 0.15) is 12.1 Å². The van der Waals surface area contributed by atoms with Gasteiger partial charge in [-0.1, -0.05) is 37.6 Å². The Balaban J connectivity index is 1.42. The molecule has 4 rings (SSSR count). The Morgan fingerprint density at radius 1 is 1.19 bits per heavy atom. The third-order valence-corrected chi connectivity index (χ3v) is 6.48. The second-order valence-corrected chi connectivity index (χ2v) is 9.35. The van der Waals surface area contributed by atoms with Crippen molar-refractivity contribution >= 4 is 23.3 Å². The first-order valence-corrected chi connectivity index (χ1v) is 11.8. The molecule has 1 aromatic heterocycles. The number of carbonyl (C=O) groups is 1. The third-order valence-electron chi connectivity index (χ3n) is 6.23. The van der Waals surface area contributed by atoms with E-state index in [4.69, 9.17) is 16.3 Å². The lowest BCUT2D eigenvalue weighted by molar-refractivity contribution is -0.135. The van der Waals surface area contributed by atoms with Gasteiger partial charge in [-0.05, 0) is 31.0 Å². The highest BCUT2D eigenvalue weighted by molar-refractivity contribution is 6.30. The maximum absolute atomic E-state index is 13.5. The summed E-state index contributed by atoms with van der Waals surface area (Å²) in [6.07, 6.45) is 2.32. The van der Waals surface area contributed by atoms with Crippen molar-refractivity contribution in [3.05, 3.63) is 52.4 Å². The highest BCUT2D eigenvalue weighted by atomic mass is 35.5. The van der Waals surface area contributed by atoms with Crippen molar-refractivity contribution in [1.29, 1.82) is 0 Å². The largest absolute Gasteiger partial charge is 0.367 e. The smallest absolute Gasteiger partial charge is 0.227 e. The van der Waals surface area contributed by atoms with Crippen molar-refractivity contribution in [1.82, 2.24) is 20.2 Å². The third kappa shape index (κ3) is 5.22. The van der Waals surface area contributed by atoms with E-state index in [-0.39, 0.29) is 17.9 Å². The van der Waals surface area contributed by atoms with Crippen molar-refractivity contribution in [3.63, 3.8) is 0 Å². The van der Waals surface area contributed by atoms with Crippen LogP contribution in [0.2, 0.25) is 5.02 Å². The molecule has 0 bridgehead atoms. The Morgan fingerprint density at radius 3 is 2.59 bits per heavy atom. The molecule has 7 nitrogen and oxygen atoms in total. The zero-order valence-electron chi connectivity index (χ0n) is 19.1. The maximum Gasteiger partial charge on any atom is 0.227 e. The second-order valence-electron chi connectivity index (χ2n) is 8.91. The molecule has 8 heteroatoms. The number of anilines is 1. The van der Waals surface area contributed by atoms with Crippen molar-refractivity contribution in [2.24, 2.45) is 5.92 Å². The van der Waals surface area contributed by atoms with Gasteiger partial charge >= 0.3 is 0 Å². The van der Waals surface area contributed by atoms with Crippen molar-refractivity contribution in [2.45, 2.75) is 45.9 Å². The normalized spacial score (nSPS) is 19.3. The molecule has 1 saturated heterocycles. The van der Waals surface area contributed by atoms with Gasteiger partial charge in [0.05, 0.1) is 24.3 Å². The highest BCUT2D eigenvalue weighted by Gasteiger charge is 2.32. The minimum atomic E-state index is -0.109. The molecule has 0 radical (unpaired) electrons. The SMILES string of the molecule is CC(C)NC[C@H](Cc1ccc(Cl)cc1)C(=O)N1CCN(c2ncnc3c2[C@@H](C)OC3)CC1. The van der Waals surface area contributed by atoms with E-state index in [0.29, 0.717) is 43.7 Å². The Labute approximate surface area is 195 Å². The number of hydrogen-bond acceptors (Lipinski definition) is 6. The quantitative estimate of drug-likeness (QED) is 0.688. The number of carbonyl (C=O) groups excluding carboxylic acids is 1. The zero-order chi connectivity index (χ0) is 22.7. The van der Waals surface area contributed by atoms with Crippen LogP contribution in [0.5, 0.6) is 0 Å². The Morgan fingerprint density at radius 2 is 1.91 bits per heavy atom. The predicted molar refractivity (Wildman–Crippen MR) is 126 cm³/mol. The maximum atomic E-state index is 13.5. The van der Waals surface area contributed by atoms with E-state index in [9.17, 15) is 4.79 Å². The molecule has 1 aromatic carbocycles. The van der Waals surface area contributed by atoms with Crippen LogP contribution in [0.15, 0.2) is 30.6 Å². The lowest BCUT2D eigenvalue weighted by atomic mass is 9.97. The van der Waals surface area contributed by atoms with Crippen molar-refractivity contribution < 1.29 is 9.53 Å². The van der Waals surface area contributed by atoms with Gasteiger partial charge in [0.15, 0.2) is 0 Å². The molecule has 32 heavy (non-hydrogen) atoms. The van der Waals surface area contributed by atoms with Gasteiger partial charge in [-0.15, -0.1) is 0 Å². The molecule has 1 amide bonds. The van der Waals surface area contributed by atoms with Crippen LogP contribution in [0.25, 0.3) is 0 Å². The average Bonchev–Trinajstić information content (AvgIpc) is 3.18. The summed E-state index contributed by atoms with van der Waals surface area (Å²) in [5.74, 6) is 1.05. The topological polar surface area (TPSA) is 70.6 Å². The van der Waals surface area contributed by atoms with Crippen LogP contribution in [0.1, 0.15) is 43.7 Å². The van der Waals surface area contributed by atoms with Gasteiger partial charge < -0.3 is 19.9 Å². The van der Waals surface area contributed by atoms with Gasteiger partial charge in [0.25, 0.3) is 0 Å². The molecule has 0 saturated carbocycles. The number of nitrogens with zero attached hydrogens (tertiary/aromatic N) is 4. The standard InChI is InChI=1S/C24H32ClN5O2/c1-16(2)26-13-19(12-18-4-6-20(25)7-5-18)24(31)30-10-8-29(9-11-30)23-22-17(3)32-14-21(22)27-15-28-23/h4-7,15-17,19,26H,8-14H2,1-3H3/t17-,19+/m1/s1. The van der Waals surface area contributed by atoms with Crippen LogP contribution >= 0.6 is 11.6 Å². The summed E-state index contributed by atoms with van der Waals surface area (Å²) in [5, 5.41) is 4.16. The lowest BCUT2D eigenvalue weighted by Crippen LogP contribution is -2.52. The minimum absolute atomic E-state index is 0.00623. The van der Waals surface area contributed by atoms with Crippen LogP contribution in [-0.4, -0.2) is 59.5 Å². The molecule has 3 heterocycles. The minimum Gasteiger partial charge on any atom is -0.367 e. The van der Waals surface area contributed by atoms with Gasteiger partial charge in [-0.25, -0.2) is 9.97 Å². The van der Waals surface area contributed by atoms with Gasteiger partial charge in [0.2, 0.25) is 5.91 Å². The van der Waals surface area contributed by atoms with Crippen molar-refractivity contribution in [3.8, 4) is 0 Å². The molecule has 2 aromatic rings.